The van der Waals surface area contributed by atoms with E-state index in [2.05, 4.69) is 4.90 Å². The Morgan fingerprint density at radius 1 is 1.19 bits per heavy atom. The van der Waals surface area contributed by atoms with Gasteiger partial charge in [-0.05, 0) is 56.0 Å². The maximum atomic E-state index is 12.4. The van der Waals surface area contributed by atoms with Gasteiger partial charge in [0.1, 0.15) is 0 Å². The van der Waals surface area contributed by atoms with E-state index in [4.69, 9.17) is 10.00 Å². The van der Waals surface area contributed by atoms with Gasteiger partial charge in [0, 0.05) is 26.2 Å². The summed E-state index contributed by atoms with van der Waals surface area (Å²) in [5.41, 5.74) is 0.453. The molecule has 2 aliphatic rings. The Bertz CT molecular complexity index is 802. The summed E-state index contributed by atoms with van der Waals surface area (Å²) in [5.74, 6) is 0.994. The number of benzene rings is 1. The number of hydrogen-bond donors (Lipinski definition) is 0. The Hall–Kier alpha value is -2.11. The Morgan fingerprint density at radius 2 is 1.81 bits per heavy atom. The number of sulfone groups is 1. The number of likely N-dealkylation sites (tertiary alicyclic amines) is 2. The Kier molecular flexibility index (Phi) is 6.02. The van der Waals surface area contributed by atoms with Crippen molar-refractivity contribution in [2.24, 2.45) is 11.8 Å². The summed E-state index contributed by atoms with van der Waals surface area (Å²) in [4.78, 5) is 16.2. The first-order valence-electron chi connectivity index (χ1n) is 9.30. The highest BCUT2D eigenvalue weighted by Crippen LogP contribution is 2.31. The average Bonchev–Trinajstić information content (AvgIpc) is 3.20. The summed E-state index contributed by atoms with van der Waals surface area (Å²) < 4.78 is 29.9. The van der Waals surface area contributed by atoms with Crippen molar-refractivity contribution in [2.75, 3.05) is 45.1 Å². The molecular weight excluding hydrogens is 366 g/mol. The second kappa shape index (κ2) is 8.28. The lowest BCUT2D eigenvalue weighted by molar-refractivity contribution is 0.111. The first-order chi connectivity index (χ1) is 12.9. The summed E-state index contributed by atoms with van der Waals surface area (Å²) in [6, 6.07) is 8.05. The van der Waals surface area contributed by atoms with Gasteiger partial charge in [-0.25, -0.2) is 13.2 Å². The van der Waals surface area contributed by atoms with Crippen LogP contribution >= 0.6 is 0 Å². The molecule has 7 nitrogen and oxygen atoms in total. The first kappa shape index (κ1) is 19.6. The predicted molar refractivity (Wildman–Crippen MR) is 99.8 cm³/mol. The molecule has 27 heavy (non-hydrogen) atoms. The highest BCUT2D eigenvalue weighted by Gasteiger charge is 2.41. The summed E-state index contributed by atoms with van der Waals surface area (Å²) in [7, 11) is -3.33. The van der Waals surface area contributed by atoms with Crippen LogP contribution in [0.1, 0.15) is 18.9 Å². The maximum absolute atomic E-state index is 12.4. The van der Waals surface area contributed by atoms with E-state index < -0.39 is 9.84 Å². The van der Waals surface area contributed by atoms with Crippen molar-refractivity contribution in [3.63, 3.8) is 0 Å². The molecule has 0 aromatic heterocycles. The zero-order valence-electron chi connectivity index (χ0n) is 15.5. The van der Waals surface area contributed by atoms with Crippen LogP contribution in [0.2, 0.25) is 0 Å². The number of nitriles is 1. The fourth-order valence-corrected chi connectivity index (χ4v) is 5.27. The van der Waals surface area contributed by atoms with E-state index in [0.717, 1.165) is 32.7 Å². The van der Waals surface area contributed by atoms with E-state index in [-0.39, 0.29) is 16.7 Å². The molecule has 0 spiro atoms. The van der Waals surface area contributed by atoms with Gasteiger partial charge in [-0.2, -0.15) is 5.26 Å². The molecule has 2 unspecified atom stereocenters. The normalized spacial score (nSPS) is 22.4. The fraction of sp³-hybridized carbons (Fsp3) is 0.579. The molecule has 0 bridgehead atoms. The summed E-state index contributed by atoms with van der Waals surface area (Å²) in [6.45, 7) is 6.19. The molecule has 2 heterocycles. The van der Waals surface area contributed by atoms with Crippen molar-refractivity contribution in [3.05, 3.63) is 29.8 Å². The van der Waals surface area contributed by atoms with Crippen LogP contribution in [0.4, 0.5) is 4.79 Å². The van der Waals surface area contributed by atoms with Crippen molar-refractivity contribution >= 4 is 15.9 Å². The highest BCUT2D eigenvalue weighted by molar-refractivity contribution is 7.91. The summed E-state index contributed by atoms with van der Waals surface area (Å²) >= 11 is 0. The molecule has 2 fully saturated rings. The maximum Gasteiger partial charge on any atom is 0.409 e. The standard InChI is InChI=1S/C19H25N3O4S/c1-2-26-19(23)22-13-16-11-21(12-17(16)14-22)8-3-9-27(24,25)18-6-4-15(10-20)5-7-18/h4-7,16-17H,2-3,8-9,11-14H2,1H3. The Labute approximate surface area is 160 Å². The number of ether oxygens (including phenoxy) is 1. The summed E-state index contributed by atoms with van der Waals surface area (Å²) in [5, 5.41) is 8.80. The number of rotatable bonds is 6. The van der Waals surface area contributed by atoms with Gasteiger partial charge < -0.3 is 14.5 Å². The minimum absolute atomic E-state index is 0.0969. The van der Waals surface area contributed by atoms with Crippen LogP contribution in [0, 0.1) is 23.2 Å². The van der Waals surface area contributed by atoms with E-state index in [1.54, 1.807) is 4.90 Å². The topological polar surface area (TPSA) is 90.7 Å². The lowest BCUT2D eigenvalue weighted by Gasteiger charge is -2.21. The van der Waals surface area contributed by atoms with Gasteiger partial charge in [0.15, 0.2) is 9.84 Å². The van der Waals surface area contributed by atoms with Crippen LogP contribution in [0.25, 0.3) is 0 Å². The van der Waals surface area contributed by atoms with E-state index >= 15 is 0 Å². The van der Waals surface area contributed by atoms with Gasteiger partial charge in [0.25, 0.3) is 0 Å². The molecule has 0 aliphatic carbocycles. The minimum Gasteiger partial charge on any atom is -0.450 e. The smallest absolute Gasteiger partial charge is 0.409 e. The molecule has 1 amide bonds. The zero-order chi connectivity index (χ0) is 19.4. The van der Waals surface area contributed by atoms with Gasteiger partial charge in [0.2, 0.25) is 0 Å². The fourth-order valence-electron chi connectivity index (χ4n) is 3.97. The molecule has 0 N–H and O–H groups in total. The molecule has 0 radical (unpaired) electrons. The molecule has 2 saturated heterocycles. The molecule has 2 aliphatic heterocycles. The van der Waals surface area contributed by atoms with Crippen LogP contribution in [0.3, 0.4) is 0 Å². The summed E-state index contributed by atoms with van der Waals surface area (Å²) in [6.07, 6.45) is 0.343. The van der Waals surface area contributed by atoms with Crippen LogP contribution in [0.5, 0.6) is 0 Å². The lowest BCUT2D eigenvalue weighted by Crippen LogP contribution is -2.34. The van der Waals surface area contributed by atoms with Gasteiger partial charge >= 0.3 is 6.09 Å². The van der Waals surface area contributed by atoms with Gasteiger partial charge in [-0.3, -0.25) is 0 Å². The number of carbonyl (C=O) groups is 1. The number of carbonyl (C=O) groups excluding carboxylic acids is 1. The third kappa shape index (κ3) is 4.60. The van der Waals surface area contributed by atoms with Crippen molar-refractivity contribution < 1.29 is 17.9 Å². The quantitative estimate of drug-likeness (QED) is 0.734. The largest absolute Gasteiger partial charge is 0.450 e. The lowest BCUT2D eigenvalue weighted by atomic mass is 10.0. The van der Waals surface area contributed by atoms with Crippen molar-refractivity contribution in [1.29, 1.82) is 5.26 Å². The van der Waals surface area contributed by atoms with Crippen molar-refractivity contribution in [2.45, 2.75) is 18.2 Å². The molecule has 8 heteroatoms. The van der Waals surface area contributed by atoms with Gasteiger partial charge in [-0.15, -0.1) is 0 Å². The van der Waals surface area contributed by atoms with E-state index in [1.165, 1.54) is 24.3 Å². The number of amides is 1. The minimum atomic E-state index is -3.33. The van der Waals surface area contributed by atoms with E-state index in [9.17, 15) is 13.2 Å². The third-order valence-corrected chi connectivity index (χ3v) is 7.13. The predicted octanol–water partition coefficient (Wildman–Crippen LogP) is 1.74. The SMILES string of the molecule is CCOC(=O)N1CC2CN(CCCS(=O)(=O)c3ccc(C#N)cc3)CC2C1. The van der Waals surface area contributed by atoms with Crippen molar-refractivity contribution in [1.82, 2.24) is 9.80 Å². The molecule has 1 aromatic carbocycles. The van der Waals surface area contributed by atoms with Gasteiger partial charge in [0.05, 0.1) is 28.9 Å². The number of fused-ring (bicyclic) bond motifs is 1. The third-order valence-electron chi connectivity index (χ3n) is 5.32. The van der Waals surface area contributed by atoms with Crippen molar-refractivity contribution in [3.8, 4) is 6.07 Å². The number of hydrogen-bond acceptors (Lipinski definition) is 6. The van der Waals surface area contributed by atoms with Crippen LogP contribution in [-0.4, -0.2) is 69.4 Å². The van der Waals surface area contributed by atoms with Crippen LogP contribution in [0.15, 0.2) is 29.2 Å². The molecule has 0 saturated carbocycles. The van der Waals surface area contributed by atoms with Crippen LogP contribution < -0.4 is 0 Å². The van der Waals surface area contributed by atoms with E-state index in [1.807, 2.05) is 13.0 Å². The van der Waals surface area contributed by atoms with E-state index in [0.29, 0.717) is 30.4 Å². The first-order valence-corrected chi connectivity index (χ1v) is 10.9. The highest BCUT2D eigenvalue weighted by atomic mass is 32.2. The molecule has 2 atom stereocenters. The molecule has 3 rings (SSSR count). The molecule has 1 aromatic rings. The monoisotopic (exact) mass is 391 g/mol. The number of nitrogens with zero attached hydrogens (tertiary/aromatic N) is 3. The van der Waals surface area contributed by atoms with Gasteiger partial charge in [-0.1, -0.05) is 0 Å². The molecular formula is C19H25N3O4S. The second-order valence-corrected chi connectivity index (χ2v) is 9.30. The zero-order valence-corrected chi connectivity index (χ0v) is 16.3. The average molecular weight is 391 g/mol. The van der Waals surface area contributed by atoms with Crippen LogP contribution in [-0.2, 0) is 14.6 Å². The Morgan fingerprint density at radius 3 is 2.37 bits per heavy atom. The second-order valence-electron chi connectivity index (χ2n) is 7.19. The Balaban J connectivity index is 1.44. The molecule has 146 valence electrons.